The van der Waals surface area contributed by atoms with Gasteiger partial charge in [0.1, 0.15) is 11.6 Å². The largest absolute Gasteiger partial charge is 0.376 e. The second kappa shape index (κ2) is 8.79. The summed E-state index contributed by atoms with van der Waals surface area (Å²) in [6, 6.07) is 14.9. The minimum Gasteiger partial charge on any atom is -0.376 e. The maximum absolute atomic E-state index is 13.1. The lowest BCUT2D eigenvalue weighted by molar-refractivity contribution is 0.0858. The monoisotopic (exact) mass is 392 g/mol. The number of halogens is 1. The molecule has 1 amide bonds. The molecule has 2 N–H and O–H groups in total. The SMILES string of the molecule is O=C(NC[C@H]1CCCO1)c1ccc(Nc2ccnc(-c3ccc(F)cc3)n2)cc1. The molecule has 0 saturated carbocycles. The summed E-state index contributed by atoms with van der Waals surface area (Å²) >= 11 is 0. The van der Waals surface area contributed by atoms with E-state index in [1.165, 1.54) is 12.1 Å². The summed E-state index contributed by atoms with van der Waals surface area (Å²) < 4.78 is 18.6. The minimum atomic E-state index is -0.303. The number of carbonyl (C=O) groups is 1. The molecule has 7 heteroatoms. The molecule has 1 aromatic heterocycles. The van der Waals surface area contributed by atoms with Gasteiger partial charge in [0.2, 0.25) is 0 Å². The van der Waals surface area contributed by atoms with Crippen molar-refractivity contribution in [3.8, 4) is 11.4 Å². The maximum atomic E-state index is 13.1. The number of anilines is 2. The van der Waals surface area contributed by atoms with Gasteiger partial charge in [-0.15, -0.1) is 0 Å². The Morgan fingerprint density at radius 1 is 1.10 bits per heavy atom. The Bertz CT molecular complexity index is 971. The van der Waals surface area contributed by atoms with Gasteiger partial charge < -0.3 is 15.4 Å². The van der Waals surface area contributed by atoms with Crippen LogP contribution in [0.4, 0.5) is 15.9 Å². The van der Waals surface area contributed by atoms with Gasteiger partial charge in [-0.2, -0.15) is 0 Å². The number of hydrogen-bond acceptors (Lipinski definition) is 5. The molecule has 0 aliphatic carbocycles. The molecule has 1 aliphatic heterocycles. The smallest absolute Gasteiger partial charge is 0.251 e. The van der Waals surface area contributed by atoms with Gasteiger partial charge in [-0.1, -0.05) is 0 Å². The Hall–Kier alpha value is -3.32. The van der Waals surface area contributed by atoms with E-state index in [1.807, 2.05) is 12.1 Å². The first kappa shape index (κ1) is 19.0. The first-order valence-corrected chi connectivity index (χ1v) is 9.53. The summed E-state index contributed by atoms with van der Waals surface area (Å²) in [6.07, 6.45) is 3.79. The second-order valence-corrected chi connectivity index (χ2v) is 6.82. The molecule has 3 aromatic rings. The number of carbonyl (C=O) groups excluding carboxylic acids is 1. The van der Waals surface area contributed by atoms with Gasteiger partial charge in [-0.05, 0) is 67.4 Å². The van der Waals surface area contributed by atoms with Crippen molar-refractivity contribution in [1.82, 2.24) is 15.3 Å². The highest BCUT2D eigenvalue weighted by atomic mass is 19.1. The number of aromatic nitrogens is 2. The Morgan fingerprint density at radius 3 is 2.62 bits per heavy atom. The third kappa shape index (κ3) is 4.94. The molecule has 148 valence electrons. The Balaban J connectivity index is 1.39. The third-order valence-electron chi connectivity index (χ3n) is 4.69. The van der Waals surface area contributed by atoms with Gasteiger partial charge in [-0.3, -0.25) is 4.79 Å². The molecule has 0 spiro atoms. The summed E-state index contributed by atoms with van der Waals surface area (Å²) in [5.41, 5.74) is 2.11. The van der Waals surface area contributed by atoms with Crippen molar-refractivity contribution >= 4 is 17.4 Å². The molecule has 29 heavy (non-hydrogen) atoms. The van der Waals surface area contributed by atoms with E-state index in [2.05, 4.69) is 20.6 Å². The molecule has 1 aliphatic rings. The molecular formula is C22H21FN4O2. The Morgan fingerprint density at radius 2 is 1.90 bits per heavy atom. The van der Waals surface area contributed by atoms with Crippen LogP contribution in [0.2, 0.25) is 0 Å². The predicted octanol–water partition coefficient (Wildman–Crippen LogP) is 3.94. The van der Waals surface area contributed by atoms with Crippen molar-refractivity contribution in [2.24, 2.45) is 0 Å². The van der Waals surface area contributed by atoms with Crippen molar-refractivity contribution in [1.29, 1.82) is 0 Å². The lowest BCUT2D eigenvalue weighted by Gasteiger charge is -2.11. The zero-order valence-corrected chi connectivity index (χ0v) is 15.8. The molecule has 1 fully saturated rings. The first-order valence-electron chi connectivity index (χ1n) is 9.53. The molecular weight excluding hydrogens is 371 g/mol. The van der Waals surface area contributed by atoms with Crippen LogP contribution in [-0.4, -0.2) is 35.1 Å². The van der Waals surface area contributed by atoms with E-state index >= 15 is 0 Å². The molecule has 2 aromatic carbocycles. The fourth-order valence-corrected chi connectivity index (χ4v) is 3.13. The van der Waals surface area contributed by atoms with Crippen LogP contribution in [0.3, 0.4) is 0 Å². The van der Waals surface area contributed by atoms with Crippen LogP contribution >= 0.6 is 0 Å². The highest BCUT2D eigenvalue weighted by Gasteiger charge is 2.16. The number of hydrogen-bond donors (Lipinski definition) is 2. The number of benzene rings is 2. The summed E-state index contributed by atoms with van der Waals surface area (Å²) in [5, 5.41) is 6.10. The van der Waals surface area contributed by atoms with Gasteiger partial charge in [0.25, 0.3) is 5.91 Å². The van der Waals surface area contributed by atoms with Gasteiger partial charge in [-0.25, -0.2) is 14.4 Å². The van der Waals surface area contributed by atoms with Crippen molar-refractivity contribution in [2.45, 2.75) is 18.9 Å². The van der Waals surface area contributed by atoms with E-state index in [-0.39, 0.29) is 17.8 Å². The molecule has 1 saturated heterocycles. The van der Waals surface area contributed by atoms with Crippen LogP contribution in [0, 0.1) is 5.82 Å². The van der Waals surface area contributed by atoms with E-state index in [4.69, 9.17) is 4.74 Å². The van der Waals surface area contributed by atoms with E-state index in [9.17, 15) is 9.18 Å². The molecule has 6 nitrogen and oxygen atoms in total. The summed E-state index contributed by atoms with van der Waals surface area (Å²) in [7, 11) is 0. The number of ether oxygens (including phenoxy) is 1. The maximum Gasteiger partial charge on any atom is 0.251 e. The van der Waals surface area contributed by atoms with Crippen LogP contribution in [0.25, 0.3) is 11.4 Å². The number of amides is 1. The molecule has 1 atom stereocenters. The number of nitrogens with one attached hydrogen (secondary N) is 2. The molecule has 2 heterocycles. The quantitative estimate of drug-likeness (QED) is 0.665. The van der Waals surface area contributed by atoms with Crippen LogP contribution in [0.5, 0.6) is 0 Å². The number of rotatable bonds is 6. The van der Waals surface area contributed by atoms with Crippen LogP contribution < -0.4 is 10.6 Å². The predicted molar refractivity (Wildman–Crippen MR) is 108 cm³/mol. The fourth-order valence-electron chi connectivity index (χ4n) is 3.13. The average Bonchev–Trinajstić information content (AvgIpc) is 3.27. The molecule has 4 rings (SSSR count). The van der Waals surface area contributed by atoms with Crippen molar-refractivity contribution in [3.63, 3.8) is 0 Å². The zero-order valence-electron chi connectivity index (χ0n) is 15.8. The van der Waals surface area contributed by atoms with Crippen LogP contribution in [0.1, 0.15) is 23.2 Å². The highest BCUT2D eigenvalue weighted by Crippen LogP contribution is 2.20. The van der Waals surface area contributed by atoms with Gasteiger partial charge >= 0.3 is 0 Å². The standard InChI is InChI=1S/C22H21FN4O2/c23-17-7-3-15(4-8-17)21-24-12-11-20(27-21)26-18-9-5-16(6-10-18)22(28)25-14-19-2-1-13-29-19/h3-12,19H,1-2,13-14H2,(H,25,28)(H,24,26,27)/t19-/m1/s1. The minimum absolute atomic E-state index is 0.118. The summed E-state index contributed by atoms with van der Waals surface area (Å²) in [4.78, 5) is 21.0. The highest BCUT2D eigenvalue weighted by molar-refractivity contribution is 5.94. The summed E-state index contributed by atoms with van der Waals surface area (Å²) in [5.74, 6) is 0.686. The van der Waals surface area contributed by atoms with E-state index in [0.717, 1.165) is 30.7 Å². The van der Waals surface area contributed by atoms with Crippen molar-refractivity contribution in [2.75, 3.05) is 18.5 Å². The summed E-state index contributed by atoms with van der Waals surface area (Å²) in [6.45, 7) is 1.30. The lowest BCUT2D eigenvalue weighted by atomic mass is 10.2. The lowest BCUT2D eigenvalue weighted by Crippen LogP contribution is -2.31. The molecule has 0 bridgehead atoms. The molecule has 0 radical (unpaired) electrons. The average molecular weight is 392 g/mol. The van der Waals surface area contributed by atoms with Gasteiger partial charge in [0.05, 0.1) is 6.10 Å². The van der Waals surface area contributed by atoms with E-state index in [1.54, 1.807) is 36.5 Å². The number of nitrogens with zero attached hydrogens (tertiary/aromatic N) is 2. The fraction of sp³-hybridized carbons (Fsp3) is 0.227. The van der Waals surface area contributed by atoms with E-state index in [0.29, 0.717) is 23.8 Å². The van der Waals surface area contributed by atoms with Crippen molar-refractivity contribution in [3.05, 3.63) is 72.2 Å². The van der Waals surface area contributed by atoms with Gasteiger partial charge in [0.15, 0.2) is 5.82 Å². The van der Waals surface area contributed by atoms with Crippen LogP contribution in [-0.2, 0) is 4.74 Å². The van der Waals surface area contributed by atoms with Gasteiger partial charge in [0, 0.05) is 36.2 Å². The Labute approximate surface area is 168 Å². The Kier molecular flexibility index (Phi) is 5.76. The van der Waals surface area contributed by atoms with Crippen LogP contribution in [0.15, 0.2) is 60.8 Å². The normalized spacial score (nSPS) is 15.8. The van der Waals surface area contributed by atoms with E-state index < -0.39 is 0 Å². The zero-order chi connectivity index (χ0) is 20.1. The third-order valence-corrected chi connectivity index (χ3v) is 4.69. The first-order chi connectivity index (χ1) is 14.2. The topological polar surface area (TPSA) is 76.1 Å². The van der Waals surface area contributed by atoms with Crippen molar-refractivity contribution < 1.29 is 13.9 Å². The molecule has 0 unspecified atom stereocenters. The second-order valence-electron chi connectivity index (χ2n) is 6.82.